The maximum absolute atomic E-state index is 12.8. The number of sulfonamides is 1. The van der Waals surface area contributed by atoms with Gasteiger partial charge in [-0.2, -0.15) is 4.31 Å². The van der Waals surface area contributed by atoms with E-state index < -0.39 is 39.2 Å². The molecule has 2 aliphatic heterocycles. The highest BCUT2D eigenvalue weighted by Gasteiger charge is 2.39. The first-order valence-corrected chi connectivity index (χ1v) is 11.6. The van der Waals surface area contributed by atoms with Crippen LogP contribution in [0.3, 0.4) is 0 Å². The molecule has 0 bridgehead atoms. The lowest BCUT2D eigenvalue weighted by atomic mass is 10.1. The van der Waals surface area contributed by atoms with E-state index in [1.165, 1.54) is 27.4 Å². The van der Waals surface area contributed by atoms with E-state index in [4.69, 9.17) is 11.6 Å². The number of hydrogen-bond acceptors (Lipinski definition) is 7. The van der Waals surface area contributed by atoms with Gasteiger partial charge in [0.1, 0.15) is 11.4 Å². The molecule has 2 heterocycles. The van der Waals surface area contributed by atoms with E-state index in [-0.39, 0.29) is 52.9 Å². The molecule has 33 heavy (non-hydrogen) atoms. The predicted octanol–water partition coefficient (Wildman–Crippen LogP) is 1.38. The van der Waals surface area contributed by atoms with Gasteiger partial charge in [-0.05, 0) is 18.2 Å². The summed E-state index contributed by atoms with van der Waals surface area (Å²) in [4.78, 5) is 50.2. The van der Waals surface area contributed by atoms with Crippen molar-refractivity contribution in [2.45, 2.75) is 4.90 Å². The van der Waals surface area contributed by atoms with Gasteiger partial charge in [-0.25, -0.2) is 8.42 Å². The number of piperazine rings is 1. The van der Waals surface area contributed by atoms with Gasteiger partial charge in [-0.15, -0.1) is 0 Å². The molecule has 1 fully saturated rings. The molecule has 0 aliphatic carbocycles. The van der Waals surface area contributed by atoms with Crippen molar-refractivity contribution in [1.29, 1.82) is 0 Å². The summed E-state index contributed by atoms with van der Waals surface area (Å²) in [7, 11) is -3.84. The Bertz CT molecular complexity index is 1290. The second-order valence-corrected chi connectivity index (χ2v) is 9.71. The van der Waals surface area contributed by atoms with Crippen molar-refractivity contribution >= 4 is 45.0 Å². The second kappa shape index (κ2) is 8.54. The summed E-state index contributed by atoms with van der Waals surface area (Å²) in [5, 5.41) is 11.0. The number of carbonyl (C=O) groups excluding carboxylic acids is 3. The summed E-state index contributed by atoms with van der Waals surface area (Å²) < 4.78 is 26.9. The quantitative estimate of drug-likeness (QED) is 0.349. The molecule has 0 N–H and O–H groups in total. The molecular weight excluding hydrogens is 476 g/mol. The van der Waals surface area contributed by atoms with E-state index >= 15 is 0 Å². The number of non-ortho nitro benzene ring substituents is 1. The molecule has 0 atom stereocenters. The summed E-state index contributed by atoms with van der Waals surface area (Å²) in [6.07, 6.45) is 0. The molecule has 11 nitrogen and oxygen atoms in total. The van der Waals surface area contributed by atoms with Gasteiger partial charge < -0.3 is 4.90 Å². The monoisotopic (exact) mass is 492 g/mol. The third-order valence-electron chi connectivity index (χ3n) is 5.50. The maximum Gasteiger partial charge on any atom is 0.270 e. The van der Waals surface area contributed by atoms with E-state index in [1.54, 1.807) is 12.1 Å². The summed E-state index contributed by atoms with van der Waals surface area (Å²) in [6, 6.07) is 9.39. The zero-order chi connectivity index (χ0) is 23.9. The van der Waals surface area contributed by atoms with Gasteiger partial charge in [0, 0.05) is 38.3 Å². The maximum atomic E-state index is 12.8. The number of amides is 3. The molecule has 4 rings (SSSR count). The average molecular weight is 493 g/mol. The van der Waals surface area contributed by atoms with Crippen LogP contribution in [0.5, 0.6) is 0 Å². The minimum absolute atomic E-state index is 0.00551. The Kier molecular flexibility index (Phi) is 5.91. The van der Waals surface area contributed by atoms with Crippen molar-refractivity contribution in [2.24, 2.45) is 0 Å². The number of halogens is 1. The van der Waals surface area contributed by atoms with E-state index in [0.717, 1.165) is 17.0 Å². The fourth-order valence-corrected chi connectivity index (χ4v) is 5.66. The highest BCUT2D eigenvalue weighted by Crippen LogP contribution is 2.27. The zero-order valence-corrected chi connectivity index (χ0v) is 18.6. The standard InChI is InChI=1S/C20H17ClN4O7S/c21-16-3-1-2-4-17(16)33(31,32)23-9-7-22(8-10-23)18(26)12-24-19(27)14-6-5-13(25(29)30)11-15(14)20(24)28/h1-6,11H,7-10,12H2. The first kappa shape index (κ1) is 22.8. The van der Waals surface area contributed by atoms with Crippen LogP contribution in [-0.4, -0.2) is 77.9 Å². The molecule has 2 aliphatic rings. The van der Waals surface area contributed by atoms with Crippen molar-refractivity contribution in [3.8, 4) is 0 Å². The van der Waals surface area contributed by atoms with Gasteiger partial charge in [-0.1, -0.05) is 23.7 Å². The number of carbonyl (C=O) groups is 3. The molecule has 2 aromatic rings. The molecule has 0 spiro atoms. The van der Waals surface area contributed by atoms with Gasteiger partial charge in [0.15, 0.2) is 0 Å². The fourth-order valence-electron chi connectivity index (χ4n) is 3.74. The Morgan fingerprint density at radius 3 is 2.27 bits per heavy atom. The summed E-state index contributed by atoms with van der Waals surface area (Å²) in [6.45, 7) is -0.368. The van der Waals surface area contributed by atoms with Crippen molar-refractivity contribution in [3.05, 3.63) is 68.7 Å². The predicted molar refractivity (Wildman–Crippen MR) is 115 cm³/mol. The largest absolute Gasteiger partial charge is 0.338 e. The van der Waals surface area contributed by atoms with Crippen molar-refractivity contribution < 1.29 is 27.7 Å². The van der Waals surface area contributed by atoms with Crippen LogP contribution in [0, 0.1) is 10.1 Å². The summed E-state index contributed by atoms with van der Waals surface area (Å²) in [5.74, 6) is -2.03. The lowest BCUT2D eigenvalue weighted by Gasteiger charge is -2.34. The van der Waals surface area contributed by atoms with Crippen LogP contribution in [0.15, 0.2) is 47.4 Å². The number of fused-ring (bicyclic) bond motifs is 1. The molecule has 0 aromatic heterocycles. The lowest BCUT2D eigenvalue weighted by molar-refractivity contribution is -0.384. The number of nitro benzene ring substituents is 1. The number of nitro groups is 1. The molecule has 0 saturated carbocycles. The van der Waals surface area contributed by atoms with Crippen LogP contribution in [0.25, 0.3) is 0 Å². The number of hydrogen-bond donors (Lipinski definition) is 0. The van der Waals surface area contributed by atoms with Crippen LogP contribution >= 0.6 is 11.6 Å². The van der Waals surface area contributed by atoms with Crippen molar-refractivity contribution in [1.82, 2.24) is 14.1 Å². The minimum atomic E-state index is -3.84. The van der Waals surface area contributed by atoms with Gasteiger partial charge in [0.2, 0.25) is 15.9 Å². The first-order chi connectivity index (χ1) is 15.6. The molecular formula is C20H17ClN4O7S. The minimum Gasteiger partial charge on any atom is -0.338 e. The fraction of sp³-hybridized carbons (Fsp3) is 0.250. The highest BCUT2D eigenvalue weighted by atomic mass is 35.5. The van der Waals surface area contributed by atoms with Crippen molar-refractivity contribution in [2.75, 3.05) is 32.7 Å². The number of rotatable bonds is 5. The zero-order valence-electron chi connectivity index (χ0n) is 17.0. The number of imide groups is 1. The molecule has 13 heteroatoms. The van der Waals surface area contributed by atoms with Crippen molar-refractivity contribution in [3.63, 3.8) is 0 Å². The summed E-state index contributed by atoms with van der Waals surface area (Å²) >= 11 is 6.02. The van der Waals surface area contributed by atoms with Crippen LogP contribution in [0.4, 0.5) is 5.69 Å². The Labute approximate surface area is 193 Å². The SMILES string of the molecule is O=C(CN1C(=O)c2ccc([N+](=O)[O-])cc2C1=O)N1CCN(S(=O)(=O)c2ccccc2Cl)CC1. The van der Waals surface area contributed by atoms with E-state index in [9.17, 15) is 32.9 Å². The molecule has 3 amide bonds. The Balaban J connectivity index is 1.42. The topological polar surface area (TPSA) is 138 Å². The normalized spacial score (nSPS) is 16.8. The molecule has 0 radical (unpaired) electrons. The van der Waals surface area contributed by atoms with E-state index in [1.807, 2.05) is 0 Å². The molecule has 172 valence electrons. The summed E-state index contributed by atoms with van der Waals surface area (Å²) in [5.41, 5.74) is -0.467. The average Bonchev–Trinajstić information content (AvgIpc) is 3.03. The van der Waals surface area contributed by atoms with E-state index in [0.29, 0.717) is 0 Å². The number of benzene rings is 2. The number of nitrogens with zero attached hydrogens (tertiary/aromatic N) is 4. The van der Waals surface area contributed by atoms with Gasteiger partial charge in [-0.3, -0.25) is 29.4 Å². The van der Waals surface area contributed by atoms with Crippen LogP contribution < -0.4 is 0 Å². The second-order valence-electron chi connectivity index (χ2n) is 7.40. The Morgan fingerprint density at radius 2 is 1.64 bits per heavy atom. The third-order valence-corrected chi connectivity index (χ3v) is 7.90. The Morgan fingerprint density at radius 1 is 1.00 bits per heavy atom. The first-order valence-electron chi connectivity index (χ1n) is 9.78. The van der Waals surface area contributed by atoms with Gasteiger partial charge in [0.25, 0.3) is 17.5 Å². The Hall–Kier alpha value is -3.35. The molecule has 1 saturated heterocycles. The molecule has 2 aromatic carbocycles. The lowest BCUT2D eigenvalue weighted by Crippen LogP contribution is -2.53. The van der Waals surface area contributed by atoms with Crippen LogP contribution in [-0.2, 0) is 14.8 Å². The highest BCUT2D eigenvalue weighted by molar-refractivity contribution is 7.89. The smallest absolute Gasteiger partial charge is 0.270 e. The third kappa shape index (κ3) is 4.08. The van der Waals surface area contributed by atoms with Gasteiger partial charge >= 0.3 is 0 Å². The van der Waals surface area contributed by atoms with Gasteiger partial charge in [0.05, 0.1) is 21.1 Å². The van der Waals surface area contributed by atoms with E-state index in [2.05, 4.69) is 0 Å². The molecule has 0 unspecified atom stereocenters. The van der Waals surface area contributed by atoms with Crippen LogP contribution in [0.1, 0.15) is 20.7 Å². The van der Waals surface area contributed by atoms with Crippen LogP contribution in [0.2, 0.25) is 5.02 Å².